The average molecular weight is 247 g/mol. The summed E-state index contributed by atoms with van der Waals surface area (Å²) < 4.78 is 11.5. The van der Waals surface area contributed by atoms with E-state index in [1.807, 2.05) is 12.1 Å². The first-order valence-corrected chi connectivity index (χ1v) is 7.02. The van der Waals surface area contributed by atoms with Crippen molar-refractivity contribution in [3.63, 3.8) is 0 Å². The molecule has 0 amide bonds. The quantitative estimate of drug-likeness (QED) is 0.812. The van der Waals surface area contributed by atoms with Crippen molar-refractivity contribution in [3.05, 3.63) is 23.8 Å². The van der Waals surface area contributed by atoms with Crippen LogP contribution in [0.3, 0.4) is 0 Å². The smallest absolute Gasteiger partial charge is 0.165 e. The van der Waals surface area contributed by atoms with Crippen LogP contribution in [-0.2, 0) is 6.54 Å². The van der Waals surface area contributed by atoms with Crippen molar-refractivity contribution in [2.75, 3.05) is 19.8 Å². The topological polar surface area (TPSA) is 30.5 Å². The molecular formula is C15H21NO2. The van der Waals surface area contributed by atoms with Gasteiger partial charge in [-0.3, -0.25) is 0 Å². The van der Waals surface area contributed by atoms with Crippen LogP contribution in [0, 0.1) is 5.92 Å². The predicted molar refractivity (Wildman–Crippen MR) is 71.1 cm³/mol. The fourth-order valence-electron chi connectivity index (χ4n) is 2.33. The van der Waals surface area contributed by atoms with Gasteiger partial charge in [0, 0.05) is 18.5 Å². The van der Waals surface area contributed by atoms with E-state index in [0.717, 1.165) is 50.1 Å². The molecule has 0 unspecified atom stereocenters. The lowest BCUT2D eigenvalue weighted by Gasteiger charge is -2.12. The van der Waals surface area contributed by atoms with Crippen LogP contribution in [0.2, 0.25) is 0 Å². The molecule has 98 valence electrons. The summed E-state index contributed by atoms with van der Waals surface area (Å²) in [6, 6.07) is 6.16. The molecule has 1 N–H and O–H groups in total. The van der Waals surface area contributed by atoms with E-state index < -0.39 is 0 Å². The number of para-hydroxylation sites is 1. The number of rotatable bonds is 5. The molecule has 3 nitrogen and oxygen atoms in total. The van der Waals surface area contributed by atoms with Gasteiger partial charge in [0.1, 0.15) is 0 Å². The van der Waals surface area contributed by atoms with Crippen LogP contribution in [0.5, 0.6) is 11.5 Å². The molecule has 0 spiro atoms. The Hall–Kier alpha value is -1.22. The summed E-state index contributed by atoms with van der Waals surface area (Å²) in [6.45, 7) is 3.49. The van der Waals surface area contributed by atoms with Crippen LogP contribution in [0.4, 0.5) is 0 Å². The monoisotopic (exact) mass is 247 g/mol. The fraction of sp³-hybridized carbons (Fsp3) is 0.600. The minimum Gasteiger partial charge on any atom is -0.490 e. The summed E-state index contributed by atoms with van der Waals surface area (Å²) in [5, 5.41) is 3.51. The molecular weight excluding hydrogens is 226 g/mol. The normalized spacial score (nSPS) is 18.4. The van der Waals surface area contributed by atoms with Crippen LogP contribution in [0.25, 0.3) is 0 Å². The van der Waals surface area contributed by atoms with Gasteiger partial charge in [-0.2, -0.15) is 0 Å². The molecule has 0 aromatic heterocycles. The van der Waals surface area contributed by atoms with Gasteiger partial charge in [0.15, 0.2) is 11.5 Å². The molecule has 1 fully saturated rings. The average Bonchev–Trinajstić information content (AvgIpc) is 3.21. The summed E-state index contributed by atoms with van der Waals surface area (Å²) >= 11 is 0. The Kier molecular flexibility index (Phi) is 3.69. The SMILES string of the molecule is c1cc(CNCCC2CC2)c2c(c1)OCCCO2. The van der Waals surface area contributed by atoms with Gasteiger partial charge < -0.3 is 14.8 Å². The van der Waals surface area contributed by atoms with Gasteiger partial charge in [0.25, 0.3) is 0 Å². The summed E-state index contributed by atoms with van der Waals surface area (Å²) in [7, 11) is 0. The molecule has 1 aromatic carbocycles. The Morgan fingerprint density at radius 2 is 2.06 bits per heavy atom. The Bertz CT molecular complexity index is 401. The van der Waals surface area contributed by atoms with E-state index in [0.29, 0.717) is 0 Å². The first-order chi connectivity index (χ1) is 8.93. The molecule has 0 bridgehead atoms. The zero-order valence-electron chi connectivity index (χ0n) is 10.8. The zero-order valence-corrected chi connectivity index (χ0v) is 10.8. The van der Waals surface area contributed by atoms with Crippen LogP contribution >= 0.6 is 0 Å². The molecule has 0 atom stereocenters. The first kappa shape index (κ1) is 11.8. The summed E-state index contributed by atoms with van der Waals surface area (Å²) in [6.07, 6.45) is 5.13. The highest BCUT2D eigenvalue weighted by Gasteiger charge is 2.20. The molecule has 1 aliphatic heterocycles. The van der Waals surface area contributed by atoms with E-state index in [4.69, 9.17) is 9.47 Å². The zero-order chi connectivity index (χ0) is 12.2. The number of hydrogen-bond donors (Lipinski definition) is 1. The Balaban J connectivity index is 1.59. The van der Waals surface area contributed by atoms with E-state index in [2.05, 4.69) is 11.4 Å². The van der Waals surface area contributed by atoms with Crippen molar-refractivity contribution >= 4 is 0 Å². The van der Waals surface area contributed by atoms with Gasteiger partial charge in [0.2, 0.25) is 0 Å². The lowest BCUT2D eigenvalue weighted by Crippen LogP contribution is -2.16. The fourth-order valence-corrected chi connectivity index (χ4v) is 2.33. The van der Waals surface area contributed by atoms with E-state index in [1.165, 1.54) is 24.8 Å². The van der Waals surface area contributed by atoms with Gasteiger partial charge in [-0.15, -0.1) is 0 Å². The maximum Gasteiger partial charge on any atom is 0.165 e. The van der Waals surface area contributed by atoms with Crippen molar-refractivity contribution < 1.29 is 9.47 Å². The molecule has 0 radical (unpaired) electrons. The van der Waals surface area contributed by atoms with E-state index in [9.17, 15) is 0 Å². The molecule has 1 aromatic rings. The molecule has 1 aliphatic carbocycles. The van der Waals surface area contributed by atoms with Gasteiger partial charge in [-0.05, 0) is 24.9 Å². The van der Waals surface area contributed by atoms with E-state index >= 15 is 0 Å². The molecule has 3 rings (SSSR count). The largest absolute Gasteiger partial charge is 0.490 e. The summed E-state index contributed by atoms with van der Waals surface area (Å²) in [5.74, 6) is 2.83. The summed E-state index contributed by atoms with van der Waals surface area (Å²) in [4.78, 5) is 0. The highest BCUT2D eigenvalue weighted by atomic mass is 16.5. The number of benzene rings is 1. The molecule has 3 heteroatoms. The first-order valence-electron chi connectivity index (χ1n) is 7.02. The van der Waals surface area contributed by atoms with E-state index in [-0.39, 0.29) is 0 Å². The third-order valence-electron chi connectivity index (χ3n) is 3.59. The second kappa shape index (κ2) is 5.61. The van der Waals surface area contributed by atoms with Crippen molar-refractivity contribution in [1.82, 2.24) is 5.32 Å². The number of hydrogen-bond acceptors (Lipinski definition) is 3. The van der Waals surface area contributed by atoms with Gasteiger partial charge in [-0.1, -0.05) is 25.0 Å². The maximum absolute atomic E-state index is 5.81. The molecule has 2 aliphatic rings. The minimum atomic E-state index is 0.756. The van der Waals surface area contributed by atoms with Crippen molar-refractivity contribution in [2.45, 2.75) is 32.2 Å². The Labute approximate surface area is 108 Å². The van der Waals surface area contributed by atoms with Crippen LogP contribution in [0.15, 0.2) is 18.2 Å². The molecule has 0 saturated heterocycles. The maximum atomic E-state index is 5.81. The minimum absolute atomic E-state index is 0.756. The lowest BCUT2D eigenvalue weighted by molar-refractivity contribution is 0.296. The van der Waals surface area contributed by atoms with Crippen LogP contribution < -0.4 is 14.8 Å². The van der Waals surface area contributed by atoms with Gasteiger partial charge in [0.05, 0.1) is 13.2 Å². The van der Waals surface area contributed by atoms with Crippen LogP contribution in [0.1, 0.15) is 31.2 Å². The summed E-state index contributed by atoms with van der Waals surface area (Å²) in [5.41, 5.74) is 1.21. The van der Waals surface area contributed by atoms with Gasteiger partial charge >= 0.3 is 0 Å². The van der Waals surface area contributed by atoms with Gasteiger partial charge in [-0.25, -0.2) is 0 Å². The highest BCUT2D eigenvalue weighted by Crippen LogP contribution is 2.33. The number of fused-ring (bicyclic) bond motifs is 1. The molecule has 1 heterocycles. The molecule has 18 heavy (non-hydrogen) atoms. The van der Waals surface area contributed by atoms with Crippen molar-refractivity contribution in [3.8, 4) is 11.5 Å². The number of nitrogens with one attached hydrogen (secondary N) is 1. The second-order valence-electron chi connectivity index (χ2n) is 5.20. The molecule has 1 saturated carbocycles. The van der Waals surface area contributed by atoms with Crippen molar-refractivity contribution in [1.29, 1.82) is 0 Å². The van der Waals surface area contributed by atoms with E-state index in [1.54, 1.807) is 0 Å². The third-order valence-corrected chi connectivity index (χ3v) is 3.59. The lowest BCUT2D eigenvalue weighted by atomic mass is 10.2. The van der Waals surface area contributed by atoms with Crippen molar-refractivity contribution in [2.24, 2.45) is 5.92 Å². The highest BCUT2D eigenvalue weighted by molar-refractivity contribution is 5.46. The van der Waals surface area contributed by atoms with Crippen LogP contribution in [-0.4, -0.2) is 19.8 Å². The predicted octanol–water partition coefficient (Wildman–Crippen LogP) is 2.74. The third kappa shape index (κ3) is 2.96. The number of ether oxygens (including phenoxy) is 2. The Morgan fingerprint density at radius 1 is 1.17 bits per heavy atom. The second-order valence-corrected chi connectivity index (χ2v) is 5.20. The Morgan fingerprint density at radius 3 is 2.94 bits per heavy atom. The standard InChI is InChI=1S/C15H21NO2/c1-3-13(11-16-8-7-12-5-6-12)15-14(4-1)17-9-2-10-18-15/h1,3-4,12,16H,2,5-11H2.